The fourth-order valence-corrected chi connectivity index (χ4v) is 3.16. The summed E-state index contributed by atoms with van der Waals surface area (Å²) in [4.78, 5) is 0. The standard InChI is InChI=1S/C10H12Cl2N2O3S/c11-8-1-2-9(12)10(7-8)13-18(15,16)14-3-5-17-6-4-14/h1-2,7,13H,3-6H2. The lowest BCUT2D eigenvalue weighted by Crippen LogP contribution is -2.43. The maximum atomic E-state index is 12.1. The molecule has 0 atom stereocenters. The van der Waals surface area contributed by atoms with Crippen LogP contribution in [0.5, 0.6) is 0 Å². The van der Waals surface area contributed by atoms with Crippen LogP contribution in [-0.4, -0.2) is 39.0 Å². The van der Waals surface area contributed by atoms with Crippen LogP contribution in [0, 0.1) is 0 Å². The highest BCUT2D eigenvalue weighted by Crippen LogP contribution is 2.26. The van der Waals surface area contributed by atoms with Gasteiger partial charge in [-0.05, 0) is 18.2 Å². The first-order valence-electron chi connectivity index (χ1n) is 5.30. The minimum Gasteiger partial charge on any atom is -0.379 e. The minimum absolute atomic E-state index is 0.274. The molecule has 1 aromatic rings. The van der Waals surface area contributed by atoms with E-state index in [-0.39, 0.29) is 5.69 Å². The first-order chi connectivity index (χ1) is 8.49. The van der Waals surface area contributed by atoms with Crippen LogP contribution in [0.2, 0.25) is 10.0 Å². The van der Waals surface area contributed by atoms with Crippen molar-refractivity contribution in [2.75, 3.05) is 31.0 Å². The highest BCUT2D eigenvalue weighted by atomic mass is 35.5. The highest BCUT2D eigenvalue weighted by Gasteiger charge is 2.24. The minimum atomic E-state index is -3.62. The van der Waals surface area contributed by atoms with Gasteiger partial charge in [0.25, 0.3) is 0 Å². The molecule has 0 spiro atoms. The van der Waals surface area contributed by atoms with E-state index >= 15 is 0 Å². The molecule has 0 unspecified atom stereocenters. The van der Waals surface area contributed by atoms with Crippen molar-refractivity contribution >= 4 is 39.1 Å². The van der Waals surface area contributed by atoms with Crippen LogP contribution in [0.15, 0.2) is 18.2 Å². The van der Waals surface area contributed by atoms with E-state index in [2.05, 4.69) is 4.72 Å². The number of rotatable bonds is 3. The average molecular weight is 311 g/mol. The van der Waals surface area contributed by atoms with E-state index in [1.54, 1.807) is 12.1 Å². The van der Waals surface area contributed by atoms with Crippen molar-refractivity contribution in [1.29, 1.82) is 0 Å². The maximum absolute atomic E-state index is 12.1. The number of ether oxygens (including phenoxy) is 1. The summed E-state index contributed by atoms with van der Waals surface area (Å²) in [6, 6.07) is 4.61. The molecule has 0 aromatic heterocycles. The Hall–Kier alpha value is -0.530. The second kappa shape index (κ2) is 5.63. The zero-order valence-corrected chi connectivity index (χ0v) is 11.7. The van der Waals surface area contributed by atoms with Gasteiger partial charge in [-0.2, -0.15) is 12.7 Å². The molecule has 1 heterocycles. The Morgan fingerprint density at radius 2 is 1.89 bits per heavy atom. The van der Waals surface area contributed by atoms with Crippen molar-refractivity contribution in [2.24, 2.45) is 0 Å². The van der Waals surface area contributed by atoms with Gasteiger partial charge in [-0.3, -0.25) is 4.72 Å². The van der Waals surface area contributed by atoms with Gasteiger partial charge in [0.2, 0.25) is 0 Å². The highest BCUT2D eigenvalue weighted by molar-refractivity contribution is 7.90. The molecule has 0 aliphatic carbocycles. The van der Waals surface area contributed by atoms with Gasteiger partial charge in [0.1, 0.15) is 0 Å². The molecule has 0 saturated carbocycles. The normalized spacial score (nSPS) is 17.7. The molecule has 0 radical (unpaired) electrons. The first kappa shape index (κ1) is 13.9. The van der Waals surface area contributed by atoms with Crippen molar-refractivity contribution in [1.82, 2.24) is 4.31 Å². The lowest BCUT2D eigenvalue weighted by Gasteiger charge is -2.26. The summed E-state index contributed by atoms with van der Waals surface area (Å²) in [7, 11) is -3.62. The van der Waals surface area contributed by atoms with Crippen LogP contribution in [0.25, 0.3) is 0 Å². The Balaban J connectivity index is 2.18. The van der Waals surface area contributed by atoms with Crippen LogP contribution in [0.4, 0.5) is 5.69 Å². The molecule has 2 rings (SSSR count). The van der Waals surface area contributed by atoms with Crippen molar-refractivity contribution in [3.63, 3.8) is 0 Å². The van der Waals surface area contributed by atoms with Crippen molar-refractivity contribution in [3.05, 3.63) is 28.2 Å². The second-order valence-electron chi connectivity index (χ2n) is 3.74. The third kappa shape index (κ3) is 3.27. The van der Waals surface area contributed by atoms with Crippen LogP contribution in [0.1, 0.15) is 0 Å². The summed E-state index contributed by atoms with van der Waals surface area (Å²) in [6.45, 7) is 1.44. The summed E-state index contributed by atoms with van der Waals surface area (Å²) in [5.74, 6) is 0. The number of morpholine rings is 1. The van der Waals surface area contributed by atoms with Crippen molar-refractivity contribution < 1.29 is 13.2 Å². The van der Waals surface area contributed by atoms with E-state index < -0.39 is 10.2 Å². The Morgan fingerprint density at radius 3 is 2.56 bits per heavy atom. The Bertz CT molecular complexity index is 530. The lowest BCUT2D eigenvalue weighted by molar-refractivity contribution is 0.0733. The predicted molar refractivity (Wildman–Crippen MR) is 71.4 cm³/mol. The number of halogens is 2. The number of hydrogen-bond acceptors (Lipinski definition) is 3. The molecule has 100 valence electrons. The molecule has 8 heteroatoms. The number of nitrogens with zero attached hydrogens (tertiary/aromatic N) is 1. The molecular formula is C10H12Cl2N2O3S. The van der Waals surface area contributed by atoms with Gasteiger partial charge in [0.05, 0.1) is 23.9 Å². The molecule has 18 heavy (non-hydrogen) atoms. The molecule has 1 aliphatic heterocycles. The lowest BCUT2D eigenvalue weighted by atomic mass is 10.3. The largest absolute Gasteiger partial charge is 0.379 e. The quantitative estimate of drug-likeness (QED) is 0.928. The van der Waals surface area contributed by atoms with Crippen molar-refractivity contribution in [3.8, 4) is 0 Å². The van der Waals surface area contributed by atoms with Gasteiger partial charge >= 0.3 is 10.2 Å². The van der Waals surface area contributed by atoms with E-state index in [0.29, 0.717) is 36.3 Å². The van der Waals surface area contributed by atoms with Gasteiger partial charge in [-0.25, -0.2) is 0 Å². The summed E-state index contributed by atoms with van der Waals surface area (Å²) >= 11 is 11.7. The van der Waals surface area contributed by atoms with E-state index in [0.717, 1.165) is 0 Å². The van der Waals surface area contributed by atoms with Crippen LogP contribution >= 0.6 is 23.2 Å². The van der Waals surface area contributed by atoms with Gasteiger partial charge in [-0.1, -0.05) is 23.2 Å². The first-order valence-corrected chi connectivity index (χ1v) is 7.49. The molecule has 1 fully saturated rings. The summed E-state index contributed by atoms with van der Waals surface area (Å²) in [5, 5.41) is 0.718. The molecular weight excluding hydrogens is 299 g/mol. The van der Waals surface area contributed by atoms with E-state index in [9.17, 15) is 8.42 Å². The van der Waals surface area contributed by atoms with Gasteiger partial charge in [0.15, 0.2) is 0 Å². The van der Waals surface area contributed by atoms with Crippen LogP contribution < -0.4 is 4.72 Å². The zero-order valence-electron chi connectivity index (χ0n) is 9.40. The molecule has 1 aromatic carbocycles. The van der Waals surface area contributed by atoms with E-state index in [1.165, 1.54) is 10.4 Å². The Kier molecular flexibility index (Phi) is 4.34. The van der Waals surface area contributed by atoms with Crippen molar-refractivity contribution in [2.45, 2.75) is 0 Å². The molecule has 1 N–H and O–H groups in total. The Labute approximate surface area is 116 Å². The summed E-state index contributed by atoms with van der Waals surface area (Å²) in [6.07, 6.45) is 0. The Morgan fingerprint density at radius 1 is 1.22 bits per heavy atom. The molecule has 1 aliphatic rings. The van der Waals surface area contributed by atoms with Gasteiger partial charge in [0, 0.05) is 18.1 Å². The SMILES string of the molecule is O=S(=O)(Nc1cc(Cl)ccc1Cl)N1CCOCC1. The molecule has 0 amide bonds. The smallest absolute Gasteiger partial charge is 0.301 e. The average Bonchev–Trinajstić information content (AvgIpc) is 2.35. The van der Waals surface area contributed by atoms with Gasteiger partial charge < -0.3 is 4.74 Å². The topological polar surface area (TPSA) is 58.6 Å². The second-order valence-corrected chi connectivity index (χ2v) is 6.26. The number of benzene rings is 1. The fraction of sp³-hybridized carbons (Fsp3) is 0.400. The third-order valence-electron chi connectivity index (χ3n) is 2.48. The maximum Gasteiger partial charge on any atom is 0.301 e. The molecule has 1 saturated heterocycles. The predicted octanol–water partition coefficient (Wildman–Crippen LogP) is 1.98. The number of anilines is 1. The summed E-state index contributed by atoms with van der Waals surface area (Å²) in [5.41, 5.74) is 0.274. The third-order valence-corrected chi connectivity index (χ3v) is 4.56. The number of hydrogen-bond donors (Lipinski definition) is 1. The van der Waals surface area contributed by atoms with E-state index in [1.807, 2.05) is 0 Å². The molecule has 0 bridgehead atoms. The zero-order chi connectivity index (χ0) is 13.2. The van der Waals surface area contributed by atoms with Crippen LogP contribution in [-0.2, 0) is 14.9 Å². The monoisotopic (exact) mass is 310 g/mol. The van der Waals surface area contributed by atoms with Gasteiger partial charge in [-0.15, -0.1) is 0 Å². The summed E-state index contributed by atoms with van der Waals surface area (Å²) < 4.78 is 33.0. The van der Waals surface area contributed by atoms with Crippen LogP contribution in [0.3, 0.4) is 0 Å². The molecule has 5 nitrogen and oxygen atoms in total. The number of nitrogens with one attached hydrogen (secondary N) is 1. The fourth-order valence-electron chi connectivity index (χ4n) is 1.57. The van der Waals surface area contributed by atoms with E-state index in [4.69, 9.17) is 27.9 Å².